The van der Waals surface area contributed by atoms with Gasteiger partial charge < -0.3 is 10.4 Å². The van der Waals surface area contributed by atoms with Crippen molar-refractivity contribution >= 4 is 17.6 Å². The predicted molar refractivity (Wildman–Crippen MR) is 66.9 cm³/mol. The first-order valence-corrected chi connectivity index (χ1v) is 5.85. The first kappa shape index (κ1) is 15.5. The number of halogens is 1. The number of amides is 1. The number of aliphatic carboxylic acids is 1. The van der Waals surface area contributed by atoms with E-state index in [0.29, 0.717) is 18.9 Å². The Morgan fingerprint density at radius 3 is 2.65 bits per heavy atom. The Kier molecular flexibility index (Phi) is 5.57. The van der Waals surface area contributed by atoms with Crippen LogP contribution in [0, 0.1) is 15.9 Å². The van der Waals surface area contributed by atoms with Crippen LogP contribution in [0.4, 0.5) is 10.1 Å². The zero-order chi connectivity index (χ0) is 15.1. The van der Waals surface area contributed by atoms with Crippen molar-refractivity contribution in [3.05, 3.63) is 39.7 Å². The summed E-state index contributed by atoms with van der Waals surface area (Å²) in [5, 5.41) is 21.6. The topological polar surface area (TPSA) is 110 Å². The molecule has 0 atom stereocenters. The van der Waals surface area contributed by atoms with Gasteiger partial charge in [-0.2, -0.15) is 0 Å². The molecule has 0 saturated carbocycles. The number of carbonyl (C=O) groups excluding carboxylic acids is 1. The maximum atomic E-state index is 12.9. The fraction of sp³-hybridized carbons (Fsp3) is 0.333. The molecule has 0 aliphatic rings. The van der Waals surface area contributed by atoms with Gasteiger partial charge >= 0.3 is 5.97 Å². The molecule has 108 valence electrons. The molecule has 0 aliphatic heterocycles. The van der Waals surface area contributed by atoms with Gasteiger partial charge in [-0.15, -0.1) is 0 Å². The van der Waals surface area contributed by atoms with Gasteiger partial charge in [0.1, 0.15) is 11.4 Å². The molecule has 1 rings (SSSR count). The SMILES string of the molecule is O=C(O)CCCCNC(=O)c1ccc(F)cc1[N+](=O)[O-]. The zero-order valence-electron chi connectivity index (χ0n) is 10.5. The minimum Gasteiger partial charge on any atom is -0.481 e. The van der Waals surface area contributed by atoms with E-state index in [0.717, 1.165) is 12.1 Å². The van der Waals surface area contributed by atoms with Gasteiger partial charge in [-0.25, -0.2) is 4.39 Å². The molecular weight excluding hydrogens is 271 g/mol. The molecule has 0 bridgehead atoms. The van der Waals surface area contributed by atoms with Crippen molar-refractivity contribution in [1.82, 2.24) is 5.32 Å². The van der Waals surface area contributed by atoms with Crippen molar-refractivity contribution in [3.8, 4) is 0 Å². The number of nitro groups is 1. The molecule has 1 aromatic carbocycles. The van der Waals surface area contributed by atoms with Crippen LogP contribution in [0.2, 0.25) is 0 Å². The maximum absolute atomic E-state index is 12.9. The fourth-order valence-electron chi connectivity index (χ4n) is 1.55. The Labute approximate surface area is 113 Å². The molecule has 7 nitrogen and oxygen atoms in total. The van der Waals surface area contributed by atoms with E-state index in [2.05, 4.69) is 5.32 Å². The van der Waals surface area contributed by atoms with Crippen LogP contribution in [0.25, 0.3) is 0 Å². The highest BCUT2D eigenvalue weighted by molar-refractivity contribution is 5.98. The van der Waals surface area contributed by atoms with Crippen molar-refractivity contribution < 1.29 is 24.0 Å². The van der Waals surface area contributed by atoms with Crippen LogP contribution < -0.4 is 5.32 Å². The van der Waals surface area contributed by atoms with E-state index in [9.17, 15) is 24.1 Å². The third kappa shape index (κ3) is 4.63. The molecule has 0 unspecified atom stereocenters. The summed E-state index contributed by atoms with van der Waals surface area (Å²) in [7, 11) is 0. The molecule has 0 aromatic heterocycles. The predicted octanol–water partition coefficient (Wildman–Crippen LogP) is 1.72. The van der Waals surface area contributed by atoms with E-state index in [4.69, 9.17) is 5.11 Å². The number of carboxylic acid groups (broad SMARTS) is 1. The summed E-state index contributed by atoms with van der Waals surface area (Å²) in [5.74, 6) is -2.41. The molecule has 0 heterocycles. The van der Waals surface area contributed by atoms with E-state index in [1.165, 1.54) is 0 Å². The van der Waals surface area contributed by atoms with Crippen molar-refractivity contribution in [2.45, 2.75) is 19.3 Å². The number of benzene rings is 1. The molecule has 0 radical (unpaired) electrons. The number of nitrogens with one attached hydrogen (secondary N) is 1. The van der Waals surface area contributed by atoms with Crippen LogP contribution >= 0.6 is 0 Å². The summed E-state index contributed by atoms with van der Waals surface area (Å²) in [6.07, 6.45) is 0.820. The van der Waals surface area contributed by atoms with Crippen LogP contribution in [0.1, 0.15) is 29.6 Å². The summed E-state index contributed by atoms with van der Waals surface area (Å²) < 4.78 is 12.9. The molecule has 0 saturated heterocycles. The molecule has 20 heavy (non-hydrogen) atoms. The summed E-state index contributed by atoms with van der Waals surface area (Å²) in [6, 6.07) is 2.69. The van der Waals surface area contributed by atoms with Gasteiger partial charge in [0.2, 0.25) is 0 Å². The highest BCUT2D eigenvalue weighted by Crippen LogP contribution is 2.19. The van der Waals surface area contributed by atoms with Gasteiger partial charge in [0.25, 0.3) is 11.6 Å². The molecular formula is C12H13FN2O5. The van der Waals surface area contributed by atoms with Gasteiger partial charge in [0.15, 0.2) is 0 Å². The van der Waals surface area contributed by atoms with Crippen molar-refractivity contribution in [2.24, 2.45) is 0 Å². The Balaban J connectivity index is 2.59. The standard InChI is InChI=1S/C12H13FN2O5/c13-8-4-5-9(10(7-8)15(19)20)12(18)14-6-2-1-3-11(16)17/h4-5,7H,1-3,6H2,(H,14,18)(H,16,17). The molecule has 0 fully saturated rings. The Morgan fingerprint density at radius 2 is 2.05 bits per heavy atom. The van der Waals surface area contributed by atoms with Crippen molar-refractivity contribution in [3.63, 3.8) is 0 Å². The lowest BCUT2D eigenvalue weighted by Gasteiger charge is -2.05. The number of nitro benzene ring substituents is 1. The second kappa shape index (κ2) is 7.17. The molecule has 0 aliphatic carbocycles. The second-order valence-corrected chi connectivity index (χ2v) is 4.03. The first-order chi connectivity index (χ1) is 9.41. The van der Waals surface area contributed by atoms with Crippen LogP contribution in [-0.4, -0.2) is 28.5 Å². The Bertz CT molecular complexity index is 533. The van der Waals surface area contributed by atoms with E-state index in [1.807, 2.05) is 0 Å². The number of hydrogen-bond acceptors (Lipinski definition) is 4. The first-order valence-electron chi connectivity index (χ1n) is 5.85. The van der Waals surface area contributed by atoms with Gasteiger partial charge in [-0.3, -0.25) is 19.7 Å². The smallest absolute Gasteiger partial charge is 0.303 e. The lowest BCUT2D eigenvalue weighted by atomic mass is 10.1. The van der Waals surface area contributed by atoms with Crippen molar-refractivity contribution in [1.29, 1.82) is 0 Å². The van der Waals surface area contributed by atoms with Crippen molar-refractivity contribution in [2.75, 3.05) is 6.54 Å². The van der Waals surface area contributed by atoms with E-state index in [-0.39, 0.29) is 18.5 Å². The van der Waals surface area contributed by atoms with Crippen LogP contribution in [-0.2, 0) is 4.79 Å². The third-order valence-electron chi connectivity index (χ3n) is 2.50. The normalized spacial score (nSPS) is 10.1. The van der Waals surface area contributed by atoms with Gasteiger partial charge in [0, 0.05) is 13.0 Å². The number of carbonyl (C=O) groups is 2. The quantitative estimate of drug-likeness (QED) is 0.450. The molecule has 0 spiro atoms. The average Bonchev–Trinajstić information content (AvgIpc) is 2.37. The summed E-state index contributed by atoms with van der Waals surface area (Å²) in [4.78, 5) is 31.9. The zero-order valence-corrected chi connectivity index (χ0v) is 10.5. The summed E-state index contributed by atoms with van der Waals surface area (Å²) >= 11 is 0. The highest BCUT2D eigenvalue weighted by Gasteiger charge is 2.20. The second-order valence-electron chi connectivity index (χ2n) is 4.03. The van der Waals surface area contributed by atoms with E-state index >= 15 is 0 Å². The number of rotatable bonds is 7. The van der Waals surface area contributed by atoms with E-state index < -0.39 is 28.3 Å². The summed E-state index contributed by atoms with van der Waals surface area (Å²) in [5.41, 5.74) is -0.831. The lowest BCUT2D eigenvalue weighted by Crippen LogP contribution is -2.25. The Hall–Kier alpha value is -2.51. The van der Waals surface area contributed by atoms with Crippen LogP contribution in [0.5, 0.6) is 0 Å². The van der Waals surface area contributed by atoms with Gasteiger partial charge in [-0.1, -0.05) is 0 Å². The monoisotopic (exact) mass is 284 g/mol. The number of hydrogen-bond donors (Lipinski definition) is 2. The average molecular weight is 284 g/mol. The molecule has 2 N–H and O–H groups in total. The number of carboxylic acids is 1. The lowest BCUT2D eigenvalue weighted by molar-refractivity contribution is -0.385. The maximum Gasteiger partial charge on any atom is 0.303 e. The molecule has 1 aromatic rings. The minimum absolute atomic E-state index is 0.00737. The van der Waals surface area contributed by atoms with Gasteiger partial charge in [-0.05, 0) is 25.0 Å². The number of unbranched alkanes of at least 4 members (excludes halogenated alkanes) is 1. The number of nitrogens with zero attached hydrogens (tertiary/aromatic N) is 1. The molecule has 1 amide bonds. The Morgan fingerprint density at radius 1 is 1.35 bits per heavy atom. The fourth-order valence-corrected chi connectivity index (χ4v) is 1.55. The van der Waals surface area contributed by atoms with Gasteiger partial charge in [0.05, 0.1) is 11.0 Å². The van der Waals surface area contributed by atoms with Crippen LogP contribution in [0.3, 0.4) is 0 Å². The molecule has 8 heteroatoms. The largest absolute Gasteiger partial charge is 0.481 e. The third-order valence-corrected chi connectivity index (χ3v) is 2.50. The minimum atomic E-state index is -0.925. The highest BCUT2D eigenvalue weighted by atomic mass is 19.1. The summed E-state index contributed by atoms with van der Waals surface area (Å²) in [6.45, 7) is 0.195. The van der Waals surface area contributed by atoms with E-state index in [1.54, 1.807) is 0 Å². The van der Waals surface area contributed by atoms with Crippen LogP contribution in [0.15, 0.2) is 18.2 Å².